The number of fused-ring (bicyclic) bond motifs is 1. The minimum atomic E-state index is -3.47. The number of aromatic nitrogens is 2. The molecule has 144 valence electrons. The molecule has 2 aromatic carbocycles. The fourth-order valence-corrected chi connectivity index (χ4v) is 5.25. The SMILES string of the molecule is CCCn1c(CSc2ccccc2Br)nc2cc(S(=O)(=O)N(C)C)ccc21. The zero-order valence-electron chi connectivity index (χ0n) is 15.5. The van der Waals surface area contributed by atoms with Gasteiger partial charge in [-0.05, 0) is 52.7 Å². The second kappa shape index (κ2) is 8.34. The first-order chi connectivity index (χ1) is 12.8. The van der Waals surface area contributed by atoms with Crippen LogP contribution in [0.4, 0.5) is 0 Å². The highest BCUT2D eigenvalue weighted by molar-refractivity contribution is 9.10. The number of imidazole rings is 1. The lowest BCUT2D eigenvalue weighted by atomic mass is 10.3. The van der Waals surface area contributed by atoms with Crippen LogP contribution in [0.1, 0.15) is 19.2 Å². The molecule has 0 bridgehead atoms. The molecule has 0 fully saturated rings. The Balaban J connectivity index is 1.99. The third-order valence-corrected chi connectivity index (χ3v) is 8.05. The van der Waals surface area contributed by atoms with Crippen LogP contribution >= 0.6 is 27.7 Å². The van der Waals surface area contributed by atoms with E-state index >= 15 is 0 Å². The molecule has 0 N–H and O–H groups in total. The maximum Gasteiger partial charge on any atom is 0.242 e. The molecular weight excluding hydrogens is 446 g/mol. The van der Waals surface area contributed by atoms with Crippen LogP contribution in [-0.4, -0.2) is 36.4 Å². The summed E-state index contributed by atoms with van der Waals surface area (Å²) in [6.45, 7) is 2.98. The zero-order valence-corrected chi connectivity index (χ0v) is 18.7. The van der Waals surface area contributed by atoms with Crippen molar-refractivity contribution in [3.63, 3.8) is 0 Å². The van der Waals surface area contributed by atoms with Gasteiger partial charge in [0.05, 0.1) is 21.7 Å². The quantitative estimate of drug-likeness (QED) is 0.470. The molecule has 0 aliphatic heterocycles. The van der Waals surface area contributed by atoms with Crippen molar-refractivity contribution in [2.24, 2.45) is 0 Å². The van der Waals surface area contributed by atoms with Crippen LogP contribution in [0.25, 0.3) is 11.0 Å². The molecule has 0 unspecified atom stereocenters. The van der Waals surface area contributed by atoms with Crippen molar-refractivity contribution < 1.29 is 8.42 Å². The highest BCUT2D eigenvalue weighted by atomic mass is 79.9. The Kier molecular flexibility index (Phi) is 6.30. The predicted octanol–water partition coefficient (Wildman–Crippen LogP) is 4.75. The minimum absolute atomic E-state index is 0.270. The number of thioether (sulfide) groups is 1. The third kappa shape index (κ3) is 4.23. The molecule has 1 heterocycles. The van der Waals surface area contributed by atoms with Gasteiger partial charge in [0.1, 0.15) is 5.82 Å². The number of halogens is 1. The second-order valence-electron chi connectivity index (χ2n) is 6.34. The summed E-state index contributed by atoms with van der Waals surface area (Å²) in [6.07, 6.45) is 0.982. The Bertz CT molecular complexity index is 1060. The van der Waals surface area contributed by atoms with Crippen LogP contribution in [0, 0.1) is 0 Å². The van der Waals surface area contributed by atoms with Gasteiger partial charge in [0.2, 0.25) is 10.0 Å². The summed E-state index contributed by atoms with van der Waals surface area (Å²) in [5.74, 6) is 1.67. The Morgan fingerprint density at radius 3 is 2.59 bits per heavy atom. The Morgan fingerprint density at radius 2 is 1.93 bits per heavy atom. The van der Waals surface area contributed by atoms with E-state index in [0.717, 1.165) is 33.7 Å². The molecule has 0 atom stereocenters. The second-order valence-corrected chi connectivity index (χ2v) is 10.4. The van der Waals surface area contributed by atoms with E-state index in [4.69, 9.17) is 4.98 Å². The molecule has 5 nitrogen and oxygen atoms in total. The van der Waals surface area contributed by atoms with Crippen molar-refractivity contribution in [2.45, 2.75) is 35.4 Å². The summed E-state index contributed by atoms with van der Waals surface area (Å²) >= 11 is 5.29. The summed E-state index contributed by atoms with van der Waals surface area (Å²) in [5.41, 5.74) is 1.69. The van der Waals surface area contributed by atoms with Gasteiger partial charge in [-0.15, -0.1) is 11.8 Å². The molecular formula is C19H22BrN3O2S2. The fourth-order valence-electron chi connectivity index (χ4n) is 2.82. The maximum absolute atomic E-state index is 12.4. The largest absolute Gasteiger partial charge is 0.327 e. The van der Waals surface area contributed by atoms with Gasteiger partial charge in [-0.2, -0.15) is 0 Å². The monoisotopic (exact) mass is 467 g/mol. The number of sulfonamides is 1. The Hall–Kier alpha value is -1.35. The van der Waals surface area contributed by atoms with Crippen molar-refractivity contribution >= 4 is 48.7 Å². The molecule has 3 aromatic rings. The van der Waals surface area contributed by atoms with E-state index in [0.29, 0.717) is 11.3 Å². The van der Waals surface area contributed by atoms with E-state index in [2.05, 4.69) is 33.5 Å². The Morgan fingerprint density at radius 1 is 1.19 bits per heavy atom. The molecule has 0 saturated heterocycles. The van der Waals surface area contributed by atoms with Crippen molar-refractivity contribution in [3.05, 3.63) is 52.8 Å². The number of rotatable bonds is 7. The summed E-state index contributed by atoms with van der Waals surface area (Å²) in [6, 6.07) is 13.3. The van der Waals surface area contributed by atoms with E-state index in [1.807, 2.05) is 24.3 Å². The fraction of sp³-hybridized carbons (Fsp3) is 0.316. The molecule has 8 heteroatoms. The summed E-state index contributed by atoms with van der Waals surface area (Å²) in [7, 11) is -0.399. The van der Waals surface area contributed by atoms with Crippen LogP contribution in [0.2, 0.25) is 0 Å². The van der Waals surface area contributed by atoms with Crippen molar-refractivity contribution in [3.8, 4) is 0 Å². The molecule has 0 aliphatic carbocycles. The van der Waals surface area contributed by atoms with Gasteiger partial charge in [-0.25, -0.2) is 17.7 Å². The van der Waals surface area contributed by atoms with E-state index in [9.17, 15) is 8.42 Å². The van der Waals surface area contributed by atoms with E-state index in [-0.39, 0.29) is 4.90 Å². The topological polar surface area (TPSA) is 55.2 Å². The zero-order chi connectivity index (χ0) is 19.6. The lowest BCUT2D eigenvalue weighted by molar-refractivity contribution is 0.521. The average Bonchev–Trinajstić information content (AvgIpc) is 2.98. The van der Waals surface area contributed by atoms with Gasteiger partial charge in [0.15, 0.2) is 0 Å². The smallest absolute Gasteiger partial charge is 0.242 e. The van der Waals surface area contributed by atoms with Gasteiger partial charge in [0.25, 0.3) is 0 Å². The number of nitrogens with zero attached hydrogens (tertiary/aromatic N) is 3. The molecule has 0 spiro atoms. The highest BCUT2D eigenvalue weighted by Crippen LogP contribution is 2.31. The first-order valence-corrected chi connectivity index (χ1v) is 11.9. The number of hydrogen-bond acceptors (Lipinski definition) is 4. The lowest BCUT2D eigenvalue weighted by Gasteiger charge is -2.11. The van der Waals surface area contributed by atoms with Crippen molar-refractivity contribution in [1.29, 1.82) is 0 Å². The molecule has 27 heavy (non-hydrogen) atoms. The third-order valence-electron chi connectivity index (χ3n) is 4.22. The van der Waals surface area contributed by atoms with Crippen LogP contribution in [-0.2, 0) is 22.3 Å². The molecule has 0 aliphatic rings. The number of benzene rings is 2. The first-order valence-electron chi connectivity index (χ1n) is 8.63. The number of aryl methyl sites for hydroxylation is 1. The van der Waals surface area contributed by atoms with Crippen molar-refractivity contribution in [1.82, 2.24) is 13.9 Å². The van der Waals surface area contributed by atoms with Crippen molar-refractivity contribution in [2.75, 3.05) is 14.1 Å². The summed E-state index contributed by atoms with van der Waals surface area (Å²) in [4.78, 5) is 6.18. The van der Waals surface area contributed by atoms with Gasteiger partial charge in [0, 0.05) is 30.0 Å². The van der Waals surface area contributed by atoms with Crippen LogP contribution in [0.15, 0.2) is 56.7 Å². The lowest BCUT2D eigenvalue weighted by Crippen LogP contribution is -2.22. The van der Waals surface area contributed by atoms with E-state index < -0.39 is 10.0 Å². The van der Waals surface area contributed by atoms with Crippen LogP contribution < -0.4 is 0 Å². The molecule has 3 rings (SSSR count). The molecule has 1 aromatic heterocycles. The molecule has 0 amide bonds. The summed E-state index contributed by atoms with van der Waals surface area (Å²) < 4.78 is 29.3. The normalized spacial score (nSPS) is 12.2. The van der Waals surface area contributed by atoms with E-state index in [1.54, 1.807) is 23.9 Å². The van der Waals surface area contributed by atoms with Crippen LogP contribution in [0.5, 0.6) is 0 Å². The Labute approximate surface area is 173 Å². The number of hydrogen-bond donors (Lipinski definition) is 0. The average molecular weight is 468 g/mol. The van der Waals surface area contributed by atoms with Gasteiger partial charge < -0.3 is 4.57 Å². The molecule has 0 radical (unpaired) electrons. The predicted molar refractivity (Wildman–Crippen MR) is 115 cm³/mol. The highest BCUT2D eigenvalue weighted by Gasteiger charge is 2.19. The first kappa shape index (κ1) is 20.4. The summed E-state index contributed by atoms with van der Waals surface area (Å²) in [5, 5.41) is 0. The standard InChI is InChI=1S/C19H22BrN3O2S2/c1-4-11-23-17-10-9-14(27(24,25)22(2)3)12-16(17)21-19(23)13-26-18-8-6-5-7-15(18)20/h5-10,12H,4,11,13H2,1-3H3. The maximum atomic E-state index is 12.4. The van der Waals surface area contributed by atoms with Crippen LogP contribution in [0.3, 0.4) is 0 Å². The van der Waals surface area contributed by atoms with E-state index in [1.165, 1.54) is 18.4 Å². The molecule has 0 saturated carbocycles. The minimum Gasteiger partial charge on any atom is -0.327 e. The van der Waals surface area contributed by atoms with Gasteiger partial charge in [-0.1, -0.05) is 19.1 Å². The van der Waals surface area contributed by atoms with Gasteiger partial charge in [-0.3, -0.25) is 0 Å². The van der Waals surface area contributed by atoms with Gasteiger partial charge >= 0.3 is 0 Å².